The lowest BCUT2D eigenvalue weighted by Crippen LogP contribution is -2.33. The number of aromatic amines is 1. The molecule has 8 heteroatoms. The van der Waals surface area contributed by atoms with Gasteiger partial charge in [0.25, 0.3) is 5.56 Å². The third-order valence-electron chi connectivity index (χ3n) is 2.99. The zero-order chi connectivity index (χ0) is 14.0. The molecule has 1 aliphatic rings. The number of nitrogens with one attached hydrogen (secondary N) is 1. The fourth-order valence-electron chi connectivity index (χ4n) is 2.01. The van der Waals surface area contributed by atoms with Gasteiger partial charge in [0.2, 0.25) is 0 Å². The Kier molecular flexibility index (Phi) is 4.52. The number of aryl methyl sites for hydroxylation is 1. The average molecular weight is 288 g/mol. The molecule has 7 nitrogen and oxygen atoms in total. The van der Waals surface area contributed by atoms with Crippen molar-refractivity contribution >= 4 is 8.38 Å². The van der Waals surface area contributed by atoms with E-state index in [1.807, 2.05) is 0 Å². The number of aromatic nitrogens is 2. The minimum atomic E-state index is -1.40. The van der Waals surface area contributed by atoms with Crippen LogP contribution >= 0.6 is 8.38 Å². The van der Waals surface area contributed by atoms with Crippen molar-refractivity contribution in [2.45, 2.75) is 32.1 Å². The molecule has 1 aromatic rings. The fraction of sp³-hybridized carbons (Fsp3) is 0.636. The molecule has 0 radical (unpaired) electrons. The molecular weight excluding hydrogens is 271 g/mol. The molecule has 3 atom stereocenters. The second kappa shape index (κ2) is 5.96. The molecule has 1 aromatic heterocycles. The standard InChI is InChI=1S/C11H17N2O5P/c1-7-5-13(11(15)12-10(7)14)9-4-3-8(18-9)6-17-19(2)16/h5,8-9,16H,3-4,6H2,1-2H3,(H,12,14,15)/t8?,9-,19?/m1/s1. The van der Waals surface area contributed by atoms with Gasteiger partial charge in [-0.15, -0.1) is 0 Å². The zero-order valence-corrected chi connectivity index (χ0v) is 11.7. The molecule has 1 saturated heterocycles. The monoisotopic (exact) mass is 288 g/mol. The molecule has 1 aliphatic heterocycles. The van der Waals surface area contributed by atoms with Crippen molar-refractivity contribution in [2.24, 2.45) is 0 Å². The Bertz CT molecular complexity index is 553. The van der Waals surface area contributed by atoms with E-state index in [4.69, 9.17) is 14.2 Å². The van der Waals surface area contributed by atoms with Crippen LogP contribution < -0.4 is 11.2 Å². The van der Waals surface area contributed by atoms with Crippen LogP contribution in [0.3, 0.4) is 0 Å². The molecular formula is C11H17N2O5P. The summed E-state index contributed by atoms with van der Waals surface area (Å²) in [4.78, 5) is 34.4. The molecule has 2 heterocycles. The van der Waals surface area contributed by atoms with Gasteiger partial charge < -0.3 is 14.2 Å². The Morgan fingerprint density at radius 3 is 3.00 bits per heavy atom. The van der Waals surface area contributed by atoms with Crippen LogP contribution in [0.15, 0.2) is 15.8 Å². The van der Waals surface area contributed by atoms with Crippen molar-refractivity contribution in [3.63, 3.8) is 0 Å². The summed E-state index contributed by atoms with van der Waals surface area (Å²) in [6.07, 6.45) is 2.40. The zero-order valence-electron chi connectivity index (χ0n) is 10.8. The van der Waals surface area contributed by atoms with Crippen molar-refractivity contribution in [2.75, 3.05) is 13.3 Å². The van der Waals surface area contributed by atoms with Crippen LogP contribution in [0.2, 0.25) is 0 Å². The minimum absolute atomic E-state index is 0.138. The highest BCUT2D eigenvalue weighted by Gasteiger charge is 2.28. The maximum atomic E-state index is 11.7. The van der Waals surface area contributed by atoms with Crippen LogP contribution in [0, 0.1) is 6.92 Å². The van der Waals surface area contributed by atoms with Crippen LogP contribution in [-0.2, 0) is 9.26 Å². The molecule has 0 spiro atoms. The third-order valence-corrected chi connectivity index (χ3v) is 3.51. The highest BCUT2D eigenvalue weighted by molar-refractivity contribution is 7.45. The summed E-state index contributed by atoms with van der Waals surface area (Å²) in [6.45, 7) is 3.55. The number of rotatable bonds is 4. The number of hydrogen-bond donors (Lipinski definition) is 2. The Hall–Kier alpha value is -1.01. The van der Waals surface area contributed by atoms with Crippen LogP contribution in [0.4, 0.5) is 0 Å². The van der Waals surface area contributed by atoms with E-state index >= 15 is 0 Å². The Morgan fingerprint density at radius 1 is 1.58 bits per heavy atom. The van der Waals surface area contributed by atoms with Gasteiger partial charge in [-0.05, 0) is 19.8 Å². The Balaban J connectivity index is 2.07. The van der Waals surface area contributed by atoms with Gasteiger partial charge >= 0.3 is 5.69 Å². The van der Waals surface area contributed by atoms with E-state index in [0.29, 0.717) is 18.6 Å². The minimum Gasteiger partial charge on any atom is -0.352 e. The normalized spacial score (nSPS) is 24.6. The molecule has 0 bridgehead atoms. The van der Waals surface area contributed by atoms with Crippen LogP contribution in [-0.4, -0.2) is 33.8 Å². The average Bonchev–Trinajstić information content (AvgIpc) is 2.80. The maximum Gasteiger partial charge on any atom is 0.330 e. The highest BCUT2D eigenvalue weighted by atomic mass is 31.2. The van der Waals surface area contributed by atoms with Crippen molar-refractivity contribution in [1.82, 2.24) is 9.55 Å². The van der Waals surface area contributed by atoms with E-state index in [2.05, 4.69) is 4.98 Å². The first-order valence-electron chi connectivity index (χ1n) is 6.00. The highest BCUT2D eigenvalue weighted by Crippen LogP contribution is 2.31. The first-order chi connectivity index (χ1) is 8.97. The topological polar surface area (TPSA) is 93.6 Å². The largest absolute Gasteiger partial charge is 0.352 e. The molecule has 1 fully saturated rings. The number of ether oxygens (including phenoxy) is 1. The van der Waals surface area contributed by atoms with Gasteiger partial charge in [-0.3, -0.25) is 14.3 Å². The summed E-state index contributed by atoms with van der Waals surface area (Å²) in [5, 5.41) is 0. The van der Waals surface area contributed by atoms with Crippen molar-refractivity contribution in [3.05, 3.63) is 32.6 Å². The van der Waals surface area contributed by atoms with Gasteiger partial charge in [-0.25, -0.2) is 4.79 Å². The van der Waals surface area contributed by atoms with Gasteiger partial charge in [0, 0.05) is 18.4 Å². The molecule has 0 aromatic carbocycles. The smallest absolute Gasteiger partial charge is 0.330 e. The van der Waals surface area contributed by atoms with E-state index in [1.165, 1.54) is 10.8 Å². The van der Waals surface area contributed by atoms with Crippen molar-refractivity contribution < 1.29 is 14.2 Å². The number of hydrogen-bond acceptors (Lipinski definition) is 5. The summed E-state index contributed by atoms with van der Waals surface area (Å²) >= 11 is 0. The fourth-order valence-corrected chi connectivity index (χ4v) is 2.39. The molecule has 0 saturated carbocycles. The predicted octanol–water partition coefficient (Wildman–Crippen LogP) is 0.473. The maximum absolute atomic E-state index is 11.7. The summed E-state index contributed by atoms with van der Waals surface area (Å²) in [5.74, 6) is 0. The summed E-state index contributed by atoms with van der Waals surface area (Å²) in [5.41, 5.74) is -0.381. The number of nitrogens with zero attached hydrogens (tertiary/aromatic N) is 1. The SMILES string of the molecule is Cc1cn([C@H]2CCC(COP(C)O)O2)c(=O)[nH]c1=O. The van der Waals surface area contributed by atoms with E-state index in [0.717, 1.165) is 6.42 Å². The third kappa shape index (κ3) is 3.51. The lowest BCUT2D eigenvalue weighted by atomic mass is 10.2. The molecule has 2 N–H and O–H groups in total. The Morgan fingerprint density at radius 2 is 2.32 bits per heavy atom. The molecule has 2 rings (SSSR count). The first kappa shape index (κ1) is 14.4. The van der Waals surface area contributed by atoms with Crippen LogP contribution in [0.5, 0.6) is 0 Å². The van der Waals surface area contributed by atoms with E-state index in [-0.39, 0.29) is 11.7 Å². The van der Waals surface area contributed by atoms with Gasteiger partial charge in [0.05, 0.1) is 12.7 Å². The summed E-state index contributed by atoms with van der Waals surface area (Å²) in [6, 6.07) is 0. The predicted molar refractivity (Wildman–Crippen MR) is 70.2 cm³/mol. The van der Waals surface area contributed by atoms with Gasteiger partial charge in [-0.2, -0.15) is 0 Å². The van der Waals surface area contributed by atoms with Crippen molar-refractivity contribution in [1.29, 1.82) is 0 Å². The quantitative estimate of drug-likeness (QED) is 0.786. The molecule has 0 amide bonds. The summed E-state index contributed by atoms with van der Waals surface area (Å²) < 4.78 is 12.2. The summed E-state index contributed by atoms with van der Waals surface area (Å²) in [7, 11) is -1.40. The molecule has 0 aliphatic carbocycles. The number of H-pyrrole nitrogens is 1. The van der Waals surface area contributed by atoms with Crippen molar-refractivity contribution in [3.8, 4) is 0 Å². The van der Waals surface area contributed by atoms with Crippen LogP contribution in [0.1, 0.15) is 24.6 Å². The lowest BCUT2D eigenvalue weighted by Gasteiger charge is -2.16. The van der Waals surface area contributed by atoms with E-state index in [9.17, 15) is 9.59 Å². The second-order valence-corrected chi connectivity index (χ2v) is 5.72. The second-order valence-electron chi connectivity index (χ2n) is 4.53. The van der Waals surface area contributed by atoms with Crippen LogP contribution in [0.25, 0.3) is 0 Å². The van der Waals surface area contributed by atoms with Gasteiger partial charge in [0.15, 0.2) is 8.38 Å². The van der Waals surface area contributed by atoms with Gasteiger partial charge in [0.1, 0.15) is 6.23 Å². The molecule has 106 valence electrons. The Labute approximate surface area is 111 Å². The lowest BCUT2D eigenvalue weighted by molar-refractivity contribution is -0.0196. The molecule has 2 unspecified atom stereocenters. The van der Waals surface area contributed by atoms with E-state index < -0.39 is 20.3 Å². The van der Waals surface area contributed by atoms with Gasteiger partial charge in [-0.1, -0.05) is 0 Å². The molecule has 19 heavy (non-hydrogen) atoms. The first-order valence-corrected chi connectivity index (χ1v) is 7.66. The van der Waals surface area contributed by atoms with E-state index in [1.54, 1.807) is 13.6 Å².